The maximum Gasteiger partial charge on any atom is 0.245 e. The smallest absolute Gasteiger partial charge is 0.245 e. The number of sulfone groups is 1. The Morgan fingerprint density at radius 2 is 1.69 bits per heavy atom. The average Bonchev–Trinajstić information content (AvgIpc) is 3.30. The van der Waals surface area contributed by atoms with Crippen LogP contribution in [0.25, 0.3) is 17.1 Å². The van der Waals surface area contributed by atoms with Crippen LogP contribution in [0.2, 0.25) is 0 Å². The third kappa shape index (κ3) is 4.87. The summed E-state index contributed by atoms with van der Waals surface area (Å²) in [5, 5.41) is 7.75. The molecule has 4 rings (SSSR count). The lowest BCUT2D eigenvalue weighted by Crippen LogP contribution is -2.27. The van der Waals surface area contributed by atoms with Gasteiger partial charge in [0.05, 0.1) is 30.9 Å². The third-order valence-electron chi connectivity index (χ3n) is 5.88. The van der Waals surface area contributed by atoms with E-state index >= 15 is 0 Å². The van der Waals surface area contributed by atoms with Gasteiger partial charge in [0, 0.05) is 36.3 Å². The predicted octanol–water partition coefficient (Wildman–Crippen LogP) is 2.34. The second kappa shape index (κ2) is 10.3. The molecular weight excluding hydrogens is 484 g/mol. The van der Waals surface area contributed by atoms with E-state index in [0.29, 0.717) is 17.1 Å². The molecule has 4 aromatic heterocycles. The Morgan fingerprint density at radius 1 is 0.972 bits per heavy atom. The van der Waals surface area contributed by atoms with Gasteiger partial charge in [-0.05, 0) is 26.0 Å². The minimum Gasteiger partial charge on any atom is -0.479 e. The Hall–Kier alpha value is -4.00. The minimum atomic E-state index is -3.74. The molecule has 36 heavy (non-hydrogen) atoms. The number of ether oxygens (including phenoxy) is 2. The van der Waals surface area contributed by atoms with E-state index in [-0.39, 0.29) is 23.3 Å². The van der Waals surface area contributed by atoms with E-state index in [2.05, 4.69) is 35.1 Å². The molecule has 0 fully saturated rings. The molecule has 0 aromatic carbocycles. The van der Waals surface area contributed by atoms with Gasteiger partial charge in [-0.2, -0.15) is 9.97 Å². The van der Waals surface area contributed by atoms with Crippen molar-refractivity contribution >= 4 is 9.84 Å². The highest BCUT2D eigenvalue weighted by molar-refractivity contribution is 7.91. The van der Waals surface area contributed by atoms with Crippen molar-refractivity contribution < 1.29 is 17.9 Å². The molecule has 0 aliphatic carbocycles. The van der Waals surface area contributed by atoms with Gasteiger partial charge >= 0.3 is 0 Å². The van der Waals surface area contributed by atoms with Gasteiger partial charge in [0.1, 0.15) is 12.1 Å². The normalized spacial score (nSPS) is 13.2. The van der Waals surface area contributed by atoms with Crippen molar-refractivity contribution in [3.8, 4) is 28.8 Å². The van der Waals surface area contributed by atoms with E-state index in [1.807, 2.05) is 13.8 Å². The molecular formula is C23H26N8O4S. The van der Waals surface area contributed by atoms with Crippen LogP contribution in [0.15, 0.2) is 43.2 Å². The molecule has 0 aliphatic heterocycles. The Kier molecular flexibility index (Phi) is 7.20. The lowest BCUT2D eigenvalue weighted by atomic mass is 10.1. The second-order valence-corrected chi connectivity index (χ2v) is 10.5. The molecule has 4 heterocycles. The number of hydrogen-bond acceptors (Lipinski definition) is 11. The van der Waals surface area contributed by atoms with Gasteiger partial charge in [-0.3, -0.25) is 19.5 Å². The SMILES string of the molecule is COc1ncnc(OC)c1-n1c(CS(=O)(=O)[C@@H](C)[C@H](C)c2cnc(C)cn2)nnc1-c1cccnc1. The number of methoxy groups -OCH3 is 2. The van der Waals surface area contributed by atoms with Gasteiger partial charge < -0.3 is 9.47 Å². The molecule has 0 unspecified atom stereocenters. The van der Waals surface area contributed by atoms with Gasteiger partial charge in [0.15, 0.2) is 27.2 Å². The summed E-state index contributed by atoms with van der Waals surface area (Å²) in [6.45, 7) is 5.28. The van der Waals surface area contributed by atoms with E-state index in [1.54, 1.807) is 43.8 Å². The van der Waals surface area contributed by atoms with E-state index < -0.39 is 26.8 Å². The Bertz CT molecular complexity index is 1420. The lowest BCUT2D eigenvalue weighted by molar-refractivity contribution is 0.368. The minimum absolute atomic E-state index is 0.147. The fourth-order valence-corrected chi connectivity index (χ4v) is 5.24. The molecule has 0 spiro atoms. The van der Waals surface area contributed by atoms with Crippen molar-refractivity contribution in [1.82, 2.24) is 39.7 Å². The van der Waals surface area contributed by atoms with Crippen molar-refractivity contribution in [2.45, 2.75) is 37.7 Å². The summed E-state index contributed by atoms with van der Waals surface area (Å²) < 4.78 is 39.6. The first-order valence-electron chi connectivity index (χ1n) is 11.0. The summed E-state index contributed by atoms with van der Waals surface area (Å²) in [6.07, 6.45) is 7.74. The molecule has 2 atom stereocenters. The molecule has 0 radical (unpaired) electrons. The first-order chi connectivity index (χ1) is 17.3. The molecule has 0 bridgehead atoms. The zero-order valence-electron chi connectivity index (χ0n) is 20.5. The van der Waals surface area contributed by atoms with Crippen LogP contribution in [0, 0.1) is 6.92 Å². The number of hydrogen-bond donors (Lipinski definition) is 0. The first-order valence-corrected chi connectivity index (χ1v) is 12.8. The summed E-state index contributed by atoms with van der Waals surface area (Å²) in [7, 11) is -0.845. The topological polar surface area (TPSA) is 148 Å². The van der Waals surface area contributed by atoms with Crippen LogP contribution in [0.5, 0.6) is 11.8 Å². The van der Waals surface area contributed by atoms with Crippen LogP contribution in [0.3, 0.4) is 0 Å². The fraction of sp³-hybridized carbons (Fsp3) is 0.348. The highest BCUT2D eigenvalue weighted by atomic mass is 32.2. The van der Waals surface area contributed by atoms with Crippen molar-refractivity contribution in [3.63, 3.8) is 0 Å². The molecule has 13 heteroatoms. The van der Waals surface area contributed by atoms with E-state index in [0.717, 1.165) is 5.69 Å². The van der Waals surface area contributed by atoms with Crippen molar-refractivity contribution in [2.24, 2.45) is 0 Å². The zero-order chi connectivity index (χ0) is 25.9. The van der Waals surface area contributed by atoms with E-state index in [9.17, 15) is 8.42 Å². The largest absolute Gasteiger partial charge is 0.479 e. The van der Waals surface area contributed by atoms with Crippen LogP contribution >= 0.6 is 0 Å². The summed E-state index contributed by atoms with van der Waals surface area (Å²) >= 11 is 0. The van der Waals surface area contributed by atoms with Gasteiger partial charge in [0.25, 0.3) is 0 Å². The molecule has 0 saturated carbocycles. The standard InChI is InChI=1S/C23H26N8O4S/c1-14-9-26-18(11-25-14)15(2)16(3)36(32,33)12-19-29-30-21(17-7-6-8-24-10-17)31(19)20-22(34-4)27-13-28-23(20)35-5/h6-11,13,15-16H,12H2,1-5H3/t15-,16-/m0/s1. The Balaban J connectivity index is 1.81. The summed E-state index contributed by atoms with van der Waals surface area (Å²) in [5.74, 6) is 0.00997. The number of aromatic nitrogens is 8. The predicted molar refractivity (Wildman–Crippen MR) is 131 cm³/mol. The van der Waals surface area contributed by atoms with Crippen LogP contribution in [-0.2, 0) is 15.6 Å². The number of aryl methyl sites for hydroxylation is 1. The molecule has 0 aliphatic rings. The van der Waals surface area contributed by atoms with Crippen molar-refractivity contribution in [1.29, 1.82) is 0 Å². The van der Waals surface area contributed by atoms with Crippen LogP contribution < -0.4 is 9.47 Å². The average molecular weight is 511 g/mol. The number of pyridine rings is 1. The Labute approximate surface area is 208 Å². The lowest BCUT2D eigenvalue weighted by Gasteiger charge is -2.20. The fourth-order valence-electron chi connectivity index (χ4n) is 3.67. The summed E-state index contributed by atoms with van der Waals surface area (Å²) in [6, 6.07) is 3.53. The van der Waals surface area contributed by atoms with Crippen molar-refractivity contribution in [3.05, 3.63) is 60.5 Å². The molecule has 4 aromatic rings. The van der Waals surface area contributed by atoms with Gasteiger partial charge in [-0.1, -0.05) is 6.92 Å². The number of rotatable bonds is 9. The maximum atomic E-state index is 13.6. The maximum absolute atomic E-state index is 13.6. The zero-order valence-corrected chi connectivity index (χ0v) is 21.3. The van der Waals surface area contributed by atoms with Crippen molar-refractivity contribution in [2.75, 3.05) is 14.2 Å². The number of nitrogens with zero attached hydrogens (tertiary/aromatic N) is 8. The monoisotopic (exact) mass is 510 g/mol. The molecule has 0 amide bonds. The van der Waals surface area contributed by atoms with E-state index in [1.165, 1.54) is 25.1 Å². The van der Waals surface area contributed by atoms with Gasteiger partial charge in [0.2, 0.25) is 11.8 Å². The molecule has 12 nitrogen and oxygen atoms in total. The van der Waals surface area contributed by atoms with Gasteiger partial charge in [-0.15, -0.1) is 10.2 Å². The molecule has 0 saturated heterocycles. The van der Waals surface area contributed by atoms with Crippen LogP contribution in [-0.4, -0.2) is 67.6 Å². The third-order valence-corrected chi connectivity index (χ3v) is 8.09. The van der Waals surface area contributed by atoms with Crippen LogP contribution in [0.1, 0.15) is 37.0 Å². The van der Waals surface area contributed by atoms with E-state index in [4.69, 9.17) is 9.47 Å². The molecule has 0 N–H and O–H groups in total. The highest BCUT2D eigenvalue weighted by Gasteiger charge is 2.33. The summed E-state index contributed by atoms with van der Waals surface area (Å²) in [5.41, 5.74) is 2.24. The van der Waals surface area contributed by atoms with Gasteiger partial charge in [-0.25, -0.2) is 8.42 Å². The first kappa shape index (κ1) is 25.1. The second-order valence-electron chi connectivity index (χ2n) is 8.14. The highest BCUT2D eigenvalue weighted by Crippen LogP contribution is 2.34. The Morgan fingerprint density at radius 3 is 2.28 bits per heavy atom. The van der Waals surface area contributed by atoms with Crippen LogP contribution in [0.4, 0.5) is 0 Å². The summed E-state index contributed by atoms with van der Waals surface area (Å²) in [4.78, 5) is 21.1. The quantitative estimate of drug-likeness (QED) is 0.327. The molecule has 188 valence electrons.